The molecule has 4 heteroatoms. The Bertz CT molecular complexity index is 701. The van der Waals surface area contributed by atoms with Crippen molar-refractivity contribution in [2.45, 2.75) is 39.5 Å². The number of aromatic nitrogens is 1. The van der Waals surface area contributed by atoms with Gasteiger partial charge in [-0.05, 0) is 56.0 Å². The molecule has 0 aliphatic carbocycles. The fourth-order valence-corrected chi connectivity index (χ4v) is 3.06. The van der Waals surface area contributed by atoms with E-state index in [0.29, 0.717) is 5.69 Å². The van der Waals surface area contributed by atoms with Gasteiger partial charge in [0.15, 0.2) is 0 Å². The molecule has 1 aromatic carbocycles. The first kappa shape index (κ1) is 16.5. The summed E-state index contributed by atoms with van der Waals surface area (Å²) in [5, 5.41) is 3.38. The van der Waals surface area contributed by atoms with E-state index in [9.17, 15) is 4.79 Å². The highest BCUT2D eigenvalue weighted by Gasteiger charge is 2.18. The average Bonchev–Trinajstić information content (AvgIpc) is 2.87. The number of nitrogens with one attached hydrogen (secondary N) is 1. The zero-order valence-electron chi connectivity index (χ0n) is 14.5. The van der Waals surface area contributed by atoms with Crippen LogP contribution in [0.25, 0.3) is 0 Å². The molecule has 0 saturated carbocycles. The van der Waals surface area contributed by atoms with Crippen LogP contribution in [0.3, 0.4) is 0 Å². The second kappa shape index (κ2) is 7.47. The molecule has 1 fully saturated rings. The number of carbonyl (C=O) groups is 1. The summed E-state index contributed by atoms with van der Waals surface area (Å²) in [7, 11) is 0. The molecule has 1 N–H and O–H groups in total. The van der Waals surface area contributed by atoms with E-state index in [1.54, 1.807) is 6.20 Å². The number of rotatable bonds is 3. The second-order valence-corrected chi connectivity index (χ2v) is 6.58. The van der Waals surface area contributed by atoms with Crippen molar-refractivity contribution in [2.75, 3.05) is 18.4 Å². The van der Waals surface area contributed by atoms with E-state index in [1.165, 1.54) is 24.0 Å². The first-order valence-electron chi connectivity index (χ1n) is 8.73. The van der Waals surface area contributed by atoms with Crippen LogP contribution in [0, 0.1) is 13.8 Å². The Hall–Kier alpha value is -2.36. The van der Waals surface area contributed by atoms with Crippen molar-refractivity contribution in [1.29, 1.82) is 0 Å². The van der Waals surface area contributed by atoms with E-state index in [4.69, 9.17) is 0 Å². The van der Waals surface area contributed by atoms with Crippen LogP contribution in [0.5, 0.6) is 0 Å². The zero-order chi connectivity index (χ0) is 16.9. The molecule has 2 heterocycles. The smallest absolute Gasteiger partial charge is 0.272 e. The van der Waals surface area contributed by atoms with Gasteiger partial charge in [-0.3, -0.25) is 4.79 Å². The number of benzene rings is 1. The van der Waals surface area contributed by atoms with E-state index in [-0.39, 0.29) is 5.91 Å². The van der Waals surface area contributed by atoms with Gasteiger partial charge in [0.05, 0.1) is 11.9 Å². The van der Waals surface area contributed by atoms with Gasteiger partial charge in [-0.15, -0.1) is 0 Å². The van der Waals surface area contributed by atoms with Crippen LogP contribution in [0.4, 0.5) is 11.4 Å². The van der Waals surface area contributed by atoms with Crippen molar-refractivity contribution >= 4 is 17.3 Å². The molecule has 0 bridgehead atoms. The molecule has 1 aliphatic heterocycles. The maximum Gasteiger partial charge on any atom is 0.272 e. The Morgan fingerprint density at radius 1 is 1.04 bits per heavy atom. The number of nitrogens with zero attached hydrogens (tertiary/aromatic N) is 2. The molecule has 1 aliphatic rings. The molecule has 0 radical (unpaired) electrons. The molecule has 1 amide bonds. The third-order valence-corrected chi connectivity index (χ3v) is 4.55. The molecule has 1 saturated heterocycles. The molecule has 0 spiro atoms. The highest BCUT2D eigenvalue weighted by molar-refractivity contribution is 5.92. The Labute approximate surface area is 143 Å². The third-order valence-electron chi connectivity index (χ3n) is 4.55. The summed E-state index contributed by atoms with van der Waals surface area (Å²) in [6, 6.07) is 10.1. The van der Waals surface area contributed by atoms with Gasteiger partial charge < -0.3 is 10.2 Å². The average molecular weight is 323 g/mol. The van der Waals surface area contributed by atoms with E-state index in [2.05, 4.69) is 42.3 Å². The normalized spacial score (nSPS) is 15.0. The van der Waals surface area contributed by atoms with Gasteiger partial charge in [0, 0.05) is 18.8 Å². The summed E-state index contributed by atoms with van der Waals surface area (Å²) in [6.07, 6.45) is 6.37. The highest BCUT2D eigenvalue weighted by atomic mass is 16.2. The standard InChI is InChI=1S/C20H25N3O/c1-15-7-8-16(2)19(13-15)22-17-9-10-18(21-14-17)20(24)23-11-5-3-4-6-12-23/h7-10,13-14,22H,3-6,11-12H2,1-2H3. The second-order valence-electron chi connectivity index (χ2n) is 6.58. The van der Waals surface area contributed by atoms with Gasteiger partial charge in [-0.25, -0.2) is 4.98 Å². The molecule has 3 rings (SSSR count). The van der Waals surface area contributed by atoms with Crippen LogP contribution in [0.2, 0.25) is 0 Å². The number of aryl methyl sites for hydroxylation is 2. The van der Waals surface area contributed by atoms with Crippen molar-refractivity contribution in [2.24, 2.45) is 0 Å². The first-order chi connectivity index (χ1) is 11.6. The van der Waals surface area contributed by atoms with Crippen LogP contribution in [-0.4, -0.2) is 28.9 Å². The first-order valence-corrected chi connectivity index (χ1v) is 8.73. The van der Waals surface area contributed by atoms with Crippen molar-refractivity contribution in [3.8, 4) is 0 Å². The number of hydrogen-bond donors (Lipinski definition) is 1. The lowest BCUT2D eigenvalue weighted by Gasteiger charge is -2.19. The van der Waals surface area contributed by atoms with Gasteiger partial charge in [-0.1, -0.05) is 25.0 Å². The summed E-state index contributed by atoms with van der Waals surface area (Å²) < 4.78 is 0. The van der Waals surface area contributed by atoms with Crippen molar-refractivity contribution < 1.29 is 4.79 Å². The lowest BCUT2D eigenvalue weighted by atomic mass is 10.1. The third kappa shape index (κ3) is 3.94. The van der Waals surface area contributed by atoms with Gasteiger partial charge in [0.25, 0.3) is 5.91 Å². The van der Waals surface area contributed by atoms with E-state index < -0.39 is 0 Å². The predicted molar refractivity (Wildman–Crippen MR) is 97.8 cm³/mol. The lowest BCUT2D eigenvalue weighted by molar-refractivity contribution is 0.0756. The van der Waals surface area contributed by atoms with Crippen LogP contribution < -0.4 is 5.32 Å². The Morgan fingerprint density at radius 2 is 1.79 bits per heavy atom. The fraction of sp³-hybridized carbons (Fsp3) is 0.400. The molecular weight excluding hydrogens is 298 g/mol. The van der Waals surface area contributed by atoms with Gasteiger partial charge >= 0.3 is 0 Å². The summed E-state index contributed by atoms with van der Waals surface area (Å²) in [4.78, 5) is 18.9. The minimum absolute atomic E-state index is 0.0511. The SMILES string of the molecule is Cc1ccc(C)c(Nc2ccc(C(=O)N3CCCCCC3)nc2)c1. The quantitative estimate of drug-likeness (QED) is 0.907. The van der Waals surface area contributed by atoms with Gasteiger partial charge in [0.1, 0.15) is 5.69 Å². The number of anilines is 2. The van der Waals surface area contributed by atoms with Crippen LogP contribution >= 0.6 is 0 Å². The van der Waals surface area contributed by atoms with Crippen molar-refractivity contribution in [1.82, 2.24) is 9.88 Å². The summed E-state index contributed by atoms with van der Waals surface area (Å²) in [5.74, 6) is 0.0511. The number of likely N-dealkylation sites (tertiary alicyclic amines) is 1. The molecule has 126 valence electrons. The van der Waals surface area contributed by atoms with Crippen LogP contribution in [0.15, 0.2) is 36.5 Å². The summed E-state index contributed by atoms with van der Waals surface area (Å²) in [6.45, 7) is 5.85. The van der Waals surface area contributed by atoms with Gasteiger partial charge in [0.2, 0.25) is 0 Å². The highest BCUT2D eigenvalue weighted by Crippen LogP contribution is 2.21. The molecular formula is C20H25N3O. The molecule has 1 aromatic heterocycles. The molecule has 0 atom stereocenters. The molecule has 2 aromatic rings. The maximum absolute atomic E-state index is 12.6. The predicted octanol–water partition coefficient (Wildman–Crippen LogP) is 4.46. The lowest BCUT2D eigenvalue weighted by Crippen LogP contribution is -2.32. The number of amides is 1. The molecule has 24 heavy (non-hydrogen) atoms. The van der Waals surface area contributed by atoms with Gasteiger partial charge in [-0.2, -0.15) is 0 Å². The van der Waals surface area contributed by atoms with Crippen LogP contribution in [0.1, 0.15) is 47.3 Å². The van der Waals surface area contributed by atoms with E-state index in [1.807, 2.05) is 17.0 Å². The van der Waals surface area contributed by atoms with E-state index >= 15 is 0 Å². The monoisotopic (exact) mass is 323 g/mol. The largest absolute Gasteiger partial charge is 0.354 e. The number of carbonyl (C=O) groups excluding carboxylic acids is 1. The molecule has 4 nitrogen and oxygen atoms in total. The Balaban J connectivity index is 1.70. The summed E-state index contributed by atoms with van der Waals surface area (Å²) >= 11 is 0. The van der Waals surface area contributed by atoms with E-state index in [0.717, 1.165) is 37.3 Å². The maximum atomic E-state index is 12.6. The van der Waals surface area contributed by atoms with Crippen molar-refractivity contribution in [3.05, 3.63) is 53.3 Å². The number of pyridine rings is 1. The zero-order valence-corrected chi connectivity index (χ0v) is 14.5. The molecule has 0 unspecified atom stereocenters. The Kier molecular flexibility index (Phi) is 5.14. The fourth-order valence-electron chi connectivity index (χ4n) is 3.06. The van der Waals surface area contributed by atoms with Crippen molar-refractivity contribution in [3.63, 3.8) is 0 Å². The van der Waals surface area contributed by atoms with Crippen LogP contribution in [-0.2, 0) is 0 Å². The topological polar surface area (TPSA) is 45.2 Å². The summed E-state index contributed by atoms with van der Waals surface area (Å²) in [5.41, 5.74) is 4.90. The minimum Gasteiger partial charge on any atom is -0.354 e. The Morgan fingerprint density at radius 3 is 2.46 bits per heavy atom. The number of hydrogen-bond acceptors (Lipinski definition) is 3. The minimum atomic E-state index is 0.0511.